The van der Waals surface area contributed by atoms with Crippen LogP contribution in [0.3, 0.4) is 0 Å². The number of likely N-dealkylation sites (tertiary alicyclic amines) is 1. The number of aryl methyl sites for hydroxylation is 1. The molecule has 0 radical (unpaired) electrons. The highest BCUT2D eigenvalue weighted by atomic mass is 32.2. The van der Waals surface area contributed by atoms with Crippen molar-refractivity contribution in [1.82, 2.24) is 14.8 Å². The molecule has 2 aliphatic heterocycles. The van der Waals surface area contributed by atoms with E-state index in [1.165, 1.54) is 11.3 Å². The molecule has 4 rings (SSSR count). The fraction of sp³-hybridized carbons (Fsp3) is 0.571. The number of carbonyl (C=O) groups is 1. The van der Waals surface area contributed by atoms with Gasteiger partial charge < -0.3 is 9.88 Å². The Balaban J connectivity index is 1.52. The Hall–Kier alpha value is -1.64. The molecule has 2 aromatic rings. The molecule has 0 aromatic carbocycles. The third-order valence-corrected chi connectivity index (χ3v) is 8.79. The van der Waals surface area contributed by atoms with E-state index in [9.17, 15) is 13.2 Å². The lowest BCUT2D eigenvalue weighted by Crippen LogP contribution is -2.52. The summed E-state index contributed by atoms with van der Waals surface area (Å²) < 4.78 is 26.8. The molecule has 4 heterocycles. The van der Waals surface area contributed by atoms with Gasteiger partial charge in [-0.15, -0.1) is 11.3 Å². The Morgan fingerprint density at radius 3 is 2.66 bits per heavy atom. The van der Waals surface area contributed by atoms with Gasteiger partial charge in [0.25, 0.3) is 5.91 Å². The van der Waals surface area contributed by atoms with Crippen molar-refractivity contribution >= 4 is 27.1 Å². The summed E-state index contributed by atoms with van der Waals surface area (Å²) in [5.74, 6) is 0.0167. The van der Waals surface area contributed by atoms with Crippen LogP contribution in [0.25, 0.3) is 0 Å². The smallest absolute Gasteiger partial charge is 0.253 e. The summed E-state index contributed by atoms with van der Waals surface area (Å²) in [6, 6.07) is 5.58. The van der Waals surface area contributed by atoms with E-state index in [1.54, 1.807) is 11.3 Å². The van der Waals surface area contributed by atoms with Gasteiger partial charge in [-0.3, -0.25) is 9.69 Å². The average molecular weight is 436 g/mol. The molecule has 0 bridgehead atoms. The Bertz CT molecular complexity index is 973. The second-order valence-corrected chi connectivity index (χ2v) is 11.5. The highest BCUT2D eigenvalue weighted by molar-refractivity contribution is 7.91. The van der Waals surface area contributed by atoms with Crippen LogP contribution in [0.1, 0.15) is 45.9 Å². The molecule has 8 heteroatoms. The maximum atomic E-state index is 13.1. The van der Waals surface area contributed by atoms with E-state index in [1.807, 2.05) is 26.0 Å². The number of amides is 1. The van der Waals surface area contributed by atoms with Crippen LogP contribution >= 0.6 is 11.3 Å². The van der Waals surface area contributed by atoms with E-state index in [2.05, 4.69) is 26.2 Å². The second kappa shape index (κ2) is 8.24. The Morgan fingerprint density at radius 2 is 1.97 bits per heavy atom. The summed E-state index contributed by atoms with van der Waals surface area (Å²) in [5.41, 5.74) is 2.59. The molecule has 6 nitrogen and oxygen atoms in total. The predicted octanol–water partition coefficient (Wildman–Crippen LogP) is 2.60. The molecule has 2 aliphatic rings. The van der Waals surface area contributed by atoms with Crippen LogP contribution in [-0.4, -0.2) is 60.5 Å². The maximum Gasteiger partial charge on any atom is 0.253 e. The monoisotopic (exact) mass is 435 g/mol. The van der Waals surface area contributed by atoms with E-state index < -0.39 is 9.84 Å². The molecule has 29 heavy (non-hydrogen) atoms. The Kier molecular flexibility index (Phi) is 5.86. The van der Waals surface area contributed by atoms with Gasteiger partial charge in [-0.25, -0.2) is 8.42 Å². The molecule has 2 atom stereocenters. The fourth-order valence-electron chi connectivity index (χ4n) is 4.66. The first-order valence-corrected chi connectivity index (χ1v) is 13.0. The lowest BCUT2D eigenvalue weighted by atomic mass is 10.0. The molecule has 2 unspecified atom stereocenters. The normalized spacial score (nSPS) is 24.6. The number of thiophene rings is 1. The van der Waals surface area contributed by atoms with Crippen molar-refractivity contribution in [1.29, 1.82) is 0 Å². The van der Waals surface area contributed by atoms with E-state index >= 15 is 0 Å². The standard InChI is InChI=1S/C21H29N3O3S2/c1-15-11-18(16(2)24(15)12-17-7-6-10-28-17)21(25)22-19-13-29(26,27)14-20(19)23-8-4-3-5-9-23/h6-7,10-11,19-20H,3-5,8-9,12-14H2,1-2H3,(H,22,25). The summed E-state index contributed by atoms with van der Waals surface area (Å²) in [5, 5.41) is 5.12. The molecule has 158 valence electrons. The number of nitrogens with one attached hydrogen (secondary N) is 1. The van der Waals surface area contributed by atoms with Crippen LogP contribution in [-0.2, 0) is 16.4 Å². The van der Waals surface area contributed by atoms with E-state index in [0.717, 1.165) is 43.9 Å². The van der Waals surface area contributed by atoms with Crippen molar-refractivity contribution in [2.24, 2.45) is 0 Å². The van der Waals surface area contributed by atoms with Gasteiger partial charge in [0, 0.05) is 22.3 Å². The highest BCUT2D eigenvalue weighted by Crippen LogP contribution is 2.24. The lowest BCUT2D eigenvalue weighted by Gasteiger charge is -2.35. The van der Waals surface area contributed by atoms with Crippen LogP contribution in [0, 0.1) is 13.8 Å². The third-order valence-electron chi connectivity index (χ3n) is 6.21. The van der Waals surface area contributed by atoms with Crippen molar-refractivity contribution in [3.8, 4) is 0 Å². The summed E-state index contributed by atoms with van der Waals surface area (Å²) in [7, 11) is -3.13. The number of carbonyl (C=O) groups excluding carboxylic acids is 1. The van der Waals surface area contributed by atoms with Gasteiger partial charge in [-0.2, -0.15) is 0 Å². The third kappa shape index (κ3) is 4.44. The van der Waals surface area contributed by atoms with Crippen molar-refractivity contribution in [3.63, 3.8) is 0 Å². The van der Waals surface area contributed by atoms with Gasteiger partial charge in [0.05, 0.1) is 29.7 Å². The molecule has 0 spiro atoms. The molecule has 2 saturated heterocycles. The number of piperidine rings is 1. The summed E-state index contributed by atoms with van der Waals surface area (Å²) in [6.07, 6.45) is 3.39. The van der Waals surface area contributed by atoms with Crippen molar-refractivity contribution in [3.05, 3.63) is 45.4 Å². The molecular weight excluding hydrogens is 406 g/mol. The van der Waals surface area contributed by atoms with Gasteiger partial charge in [-0.1, -0.05) is 12.5 Å². The van der Waals surface area contributed by atoms with Crippen LogP contribution in [0.5, 0.6) is 0 Å². The molecule has 0 saturated carbocycles. The summed E-state index contributed by atoms with van der Waals surface area (Å²) in [4.78, 5) is 16.6. The number of aromatic nitrogens is 1. The average Bonchev–Trinajstić information content (AvgIpc) is 3.37. The SMILES string of the molecule is Cc1cc(C(=O)NC2CS(=O)(=O)CC2N2CCCCC2)c(C)n1Cc1cccs1. The number of nitrogens with zero attached hydrogens (tertiary/aromatic N) is 2. The van der Waals surface area contributed by atoms with E-state index in [4.69, 9.17) is 0 Å². The minimum absolute atomic E-state index is 0.0356. The van der Waals surface area contributed by atoms with Crippen LogP contribution in [0.2, 0.25) is 0 Å². The topological polar surface area (TPSA) is 71.4 Å². The van der Waals surface area contributed by atoms with E-state index in [-0.39, 0.29) is 29.5 Å². The first-order chi connectivity index (χ1) is 13.8. The maximum absolute atomic E-state index is 13.1. The minimum atomic E-state index is -3.13. The molecular formula is C21H29N3O3S2. The minimum Gasteiger partial charge on any atom is -0.347 e. The van der Waals surface area contributed by atoms with Gasteiger partial charge in [0.2, 0.25) is 0 Å². The summed E-state index contributed by atoms with van der Waals surface area (Å²) >= 11 is 1.70. The largest absolute Gasteiger partial charge is 0.347 e. The van der Waals surface area contributed by atoms with Crippen molar-refractivity contribution in [2.75, 3.05) is 24.6 Å². The van der Waals surface area contributed by atoms with Gasteiger partial charge >= 0.3 is 0 Å². The van der Waals surface area contributed by atoms with Crippen molar-refractivity contribution < 1.29 is 13.2 Å². The highest BCUT2D eigenvalue weighted by Gasteiger charge is 2.42. The zero-order chi connectivity index (χ0) is 20.6. The summed E-state index contributed by atoms with van der Waals surface area (Å²) in [6.45, 7) is 6.55. The van der Waals surface area contributed by atoms with Gasteiger partial charge in [-0.05, 0) is 57.3 Å². The number of hydrogen-bond acceptors (Lipinski definition) is 5. The molecule has 0 aliphatic carbocycles. The predicted molar refractivity (Wildman–Crippen MR) is 116 cm³/mol. The first-order valence-electron chi connectivity index (χ1n) is 10.3. The Morgan fingerprint density at radius 1 is 1.21 bits per heavy atom. The Labute approximate surface area is 176 Å². The number of rotatable bonds is 5. The molecule has 2 fully saturated rings. The molecule has 1 N–H and O–H groups in total. The zero-order valence-electron chi connectivity index (χ0n) is 17.1. The number of sulfone groups is 1. The lowest BCUT2D eigenvalue weighted by molar-refractivity contribution is 0.0899. The van der Waals surface area contributed by atoms with Gasteiger partial charge in [0.1, 0.15) is 0 Å². The van der Waals surface area contributed by atoms with Crippen LogP contribution in [0.4, 0.5) is 0 Å². The second-order valence-electron chi connectivity index (χ2n) is 8.27. The zero-order valence-corrected chi connectivity index (χ0v) is 18.7. The van der Waals surface area contributed by atoms with Gasteiger partial charge in [0.15, 0.2) is 9.84 Å². The first kappa shape index (κ1) is 20.6. The van der Waals surface area contributed by atoms with Crippen molar-refractivity contribution in [2.45, 2.75) is 51.7 Å². The molecule has 2 aromatic heterocycles. The van der Waals surface area contributed by atoms with Crippen LogP contribution in [0.15, 0.2) is 23.6 Å². The fourth-order valence-corrected chi connectivity index (χ4v) is 7.30. The number of hydrogen-bond donors (Lipinski definition) is 1. The van der Waals surface area contributed by atoms with Crippen LogP contribution < -0.4 is 5.32 Å². The molecule has 1 amide bonds. The quantitative estimate of drug-likeness (QED) is 0.784. The van der Waals surface area contributed by atoms with E-state index in [0.29, 0.717) is 5.56 Å².